The highest BCUT2D eigenvalue weighted by atomic mass is 32.1. The molecule has 0 saturated carbocycles. The van der Waals surface area contributed by atoms with Crippen LogP contribution in [-0.4, -0.2) is 62.9 Å². The standard InChI is InChI=1S/C27H25F3N4O5S/c1-14-15(2)40-20-11-33(21(27(28,29)30)13-38-23(14)20)22(35)12-34-24(36)26(39-25(34)37)7-6-17-8-16(4-5-19(17)26)18-9-31-32(3)10-18/h4-5,8-10,21H,6-7,11-13H2,1-3H3/t21-,26?/m0/s1. The number of alkyl halides is 3. The minimum Gasteiger partial charge on any atom is -0.490 e. The lowest BCUT2D eigenvalue weighted by Crippen LogP contribution is -2.53. The third kappa shape index (κ3) is 4.05. The fourth-order valence-electron chi connectivity index (χ4n) is 5.65. The van der Waals surface area contributed by atoms with Gasteiger partial charge in [-0.15, -0.1) is 11.3 Å². The first kappa shape index (κ1) is 26.4. The average molecular weight is 575 g/mol. The number of carbonyl (C=O) groups excluding carboxylic acids is 3. The Bertz CT molecular complexity index is 1560. The lowest BCUT2D eigenvalue weighted by atomic mass is 9.93. The zero-order chi connectivity index (χ0) is 28.6. The Morgan fingerprint density at radius 1 is 1.23 bits per heavy atom. The number of fused-ring (bicyclic) bond motifs is 3. The number of imide groups is 1. The summed E-state index contributed by atoms with van der Waals surface area (Å²) in [5.41, 5.74) is 2.20. The van der Waals surface area contributed by atoms with E-state index in [2.05, 4.69) is 5.10 Å². The van der Waals surface area contributed by atoms with E-state index in [4.69, 9.17) is 9.47 Å². The Labute approximate surface area is 231 Å². The molecule has 0 N–H and O–H groups in total. The van der Waals surface area contributed by atoms with E-state index in [-0.39, 0.29) is 13.0 Å². The molecule has 2 aliphatic heterocycles. The van der Waals surface area contributed by atoms with Crippen molar-refractivity contribution < 1.29 is 37.0 Å². The van der Waals surface area contributed by atoms with Gasteiger partial charge in [0, 0.05) is 41.2 Å². The number of halogens is 3. The van der Waals surface area contributed by atoms with Crippen LogP contribution in [-0.2, 0) is 39.9 Å². The molecule has 2 atom stereocenters. The zero-order valence-electron chi connectivity index (χ0n) is 21.9. The van der Waals surface area contributed by atoms with Crippen LogP contribution in [0.5, 0.6) is 5.75 Å². The van der Waals surface area contributed by atoms with Gasteiger partial charge in [-0.05, 0) is 31.4 Å². The first-order valence-corrected chi connectivity index (χ1v) is 13.5. The molecule has 13 heteroatoms. The van der Waals surface area contributed by atoms with Crippen LogP contribution in [0.15, 0.2) is 30.6 Å². The summed E-state index contributed by atoms with van der Waals surface area (Å²) in [4.78, 5) is 42.5. The molecule has 1 aliphatic carbocycles. The van der Waals surface area contributed by atoms with Gasteiger partial charge in [0.1, 0.15) is 18.9 Å². The van der Waals surface area contributed by atoms with Crippen molar-refractivity contribution in [1.82, 2.24) is 19.6 Å². The SMILES string of the molecule is Cc1sc2c(c1C)OC[C@@H](C(F)(F)F)N(C(=O)CN1C(=O)OC3(CCc4cc(-c5cnn(C)c5)ccc43)C1=O)C2. The number of ether oxygens (including phenoxy) is 2. The van der Waals surface area contributed by atoms with Crippen LogP contribution in [0, 0.1) is 13.8 Å². The summed E-state index contributed by atoms with van der Waals surface area (Å²) < 4.78 is 54.8. The molecule has 1 aromatic carbocycles. The largest absolute Gasteiger partial charge is 0.490 e. The Morgan fingerprint density at radius 3 is 2.70 bits per heavy atom. The van der Waals surface area contributed by atoms with Crippen LogP contribution in [0.2, 0.25) is 0 Å². The van der Waals surface area contributed by atoms with Crippen molar-refractivity contribution in [2.75, 3.05) is 13.2 Å². The molecule has 0 bridgehead atoms. The van der Waals surface area contributed by atoms with Crippen molar-refractivity contribution in [3.63, 3.8) is 0 Å². The predicted octanol–water partition coefficient (Wildman–Crippen LogP) is 4.24. The number of benzene rings is 1. The first-order valence-electron chi connectivity index (χ1n) is 12.6. The van der Waals surface area contributed by atoms with E-state index in [0.29, 0.717) is 32.4 Å². The summed E-state index contributed by atoms with van der Waals surface area (Å²) in [7, 11) is 1.80. The molecular weight excluding hydrogens is 549 g/mol. The topological polar surface area (TPSA) is 94.0 Å². The summed E-state index contributed by atoms with van der Waals surface area (Å²) in [5.74, 6) is -1.43. The molecule has 1 unspecified atom stereocenters. The minimum absolute atomic E-state index is 0.175. The predicted molar refractivity (Wildman–Crippen MR) is 137 cm³/mol. The third-order valence-electron chi connectivity index (χ3n) is 7.86. The van der Waals surface area contributed by atoms with Gasteiger partial charge >= 0.3 is 12.3 Å². The number of aryl methyl sites for hydroxylation is 3. The highest BCUT2D eigenvalue weighted by molar-refractivity contribution is 7.12. The van der Waals surface area contributed by atoms with Gasteiger partial charge in [0.25, 0.3) is 5.91 Å². The number of rotatable bonds is 3. The quantitative estimate of drug-likeness (QED) is 0.465. The lowest BCUT2D eigenvalue weighted by molar-refractivity contribution is -0.195. The smallest absolute Gasteiger partial charge is 0.418 e. The highest BCUT2D eigenvalue weighted by Crippen LogP contribution is 2.46. The molecule has 3 aromatic rings. The Hall–Kier alpha value is -3.87. The van der Waals surface area contributed by atoms with Gasteiger partial charge in [-0.25, -0.2) is 9.69 Å². The third-order valence-corrected chi connectivity index (χ3v) is 9.04. The summed E-state index contributed by atoms with van der Waals surface area (Å²) in [6.45, 7) is 1.58. The van der Waals surface area contributed by atoms with Gasteiger partial charge in [0.05, 0.1) is 17.6 Å². The molecule has 0 radical (unpaired) electrons. The number of carbonyl (C=O) groups is 3. The molecular formula is C27H25F3N4O5S. The van der Waals surface area contributed by atoms with E-state index in [1.165, 1.54) is 11.3 Å². The highest BCUT2D eigenvalue weighted by Gasteiger charge is 2.59. The number of amides is 3. The fourth-order valence-corrected chi connectivity index (χ4v) is 6.77. The Balaban J connectivity index is 1.26. The van der Waals surface area contributed by atoms with Crippen LogP contribution in [0.1, 0.15) is 32.9 Å². The van der Waals surface area contributed by atoms with E-state index in [1.807, 2.05) is 19.2 Å². The lowest BCUT2D eigenvalue weighted by Gasteiger charge is -2.31. The second-order valence-corrected chi connectivity index (χ2v) is 11.6. The Morgan fingerprint density at radius 2 is 2.00 bits per heavy atom. The van der Waals surface area contributed by atoms with Crippen LogP contribution in [0.4, 0.5) is 18.0 Å². The molecule has 1 fully saturated rings. The fraction of sp³-hybridized carbons (Fsp3) is 0.407. The molecule has 1 saturated heterocycles. The van der Waals surface area contributed by atoms with E-state index in [1.54, 1.807) is 37.0 Å². The van der Waals surface area contributed by atoms with Crippen molar-refractivity contribution >= 4 is 29.2 Å². The van der Waals surface area contributed by atoms with E-state index in [9.17, 15) is 27.6 Å². The van der Waals surface area contributed by atoms with Crippen molar-refractivity contribution in [2.45, 2.75) is 51.1 Å². The molecule has 1 spiro atoms. The van der Waals surface area contributed by atoms with Crippen LogP contribution in [0.3, 0.4) is 0 Å². The van der Waals surface area contributed by atoms with Crippen molar-refractivity contribution in [1.29, 1.82) is 0 Å². The van der Waals surface area contributed by atoms with E-state index >= 15 is 0 Å². The van der Waals surface area contributed by atoms with Crippen LogP contribution >= 0.6 is 11.3 Å². The average Bonchev–Trinajstić information content (AvgIpc) is 3.58. The van der Waals surface area contributed by atoms with Gasteiger partial charge in [0.15, 0.2) is 6.04 Å². The zero-order valence-corrected chi connectivity index (χ0v) is 22.7. The van der Waals surface area contributed by atoms with Gasteiger partial charge in [-0.3, -0.25) is 14.3 Å². The maximum Gasteiger partial charge on any atom is 0.418 e. The number of hydrogen-bond donors (Lipinski definition) is 0. The molecule has 3 amide bonds. The van der Waals surface area contributed by atoms with Gasteiger partial charge in [-0.1, -0.05) is 18.2 Å². The molecule has 4 heterocycles. The molecule has 9 nitrogen and oxygen atoms in total. The van der Waals surface area contributed by atoms with Crippen molar-refractivity contribution in [2.24, 2.45) is 7.05 Å². The summed E-state index contributed by atoms with van der Waals surface area (Å²) in [6.07, 6.45) is -1.65. The second-order valence-electron chi connectivity index (χ2n) is 10.3. The number of hydrogen-bond acceptors (Lipinski definition) is 7. The van der Waals surface area contributed by atoms with Gasteiger partial charge < -0.3 is 14.4 Å². The molecule has 210 valence electrons. The van der Waals surface area contributed by atoms with Crippen LogP contribution < -0.4 is 4.74 Å². The monoisotopic (exact) mass is 574 g/mol. The van der Waals surface area contributed by atoms with Gasteiger partial charge in [-0.2, -0.15) is 18.3 Å². The normalized spacial score (nSPS) is 22.3. The number of thiophene rings is 1. The van der Waals surface area contributed by atoms with Crippen molar-refractivity contribution in [3.8, 4) is 16.9 Å². The summed E-state index contributed by atoms with van der Waals surface area (Å²) >= 11 is 1.25. The first-order chi connectivity index (χ1) is 18.9. The second kappa shape index (κ2) is 9.08. The minimum atomic E-state index is -4.78. The molecule has 6 rings (SSSR count). The molecule has 2 aromatic heterocycles. The maximum atomic E-state index is 14.0. The van der Waals surface area contributed by atoms with E-state index in [0.717, 1.165) is 27.1 Å². The van der Waals surface area contributed by atoms with Crippen LogP contribution in [0.25, 0.3) is 11.1 Å². The Kier molecular flexibility index (Phi) is 5.98. The maximum absolute atomic E-state index is 14.0. The van der Waals surface area contributed by atoms with Crippen molar-refractivity contribution in [3.05, 3.63) is 57.0 Å². The summed E-state index contributed by atoms with van der Waals surface area (Å²) in [6, 6.07) is 3.19. The summed E-state index contributed by atoms with van der Waals surface area (Å²) in [5, 5.41) is 4.17. The number of nitrogens with zero attached hydrogens (tertiary/aromatic N) is 4. The van der Waals surface area contributed by atoms with E-state index < -0.39 is 48.9 Å². The number of aromatic nitrogens is 2. The van der Waals surface area contributed by atoms with Gasteiger partial charge in [0.2, 0.25) is 11.5 Å². The molecule has 3 aliphatic rings. The molecule has 40 heavy (non-hydrogen) atoms.